The van der Waals surface area contributed by atoms with E-state index in [1.165, 1.54) is 30.3 Å². The van der Waals surface area contributed by atoms with Crippen LogP contribution in [0.15, 0.2) is 48.8 Å². The van der Waals surface area contributed by atoms with Gasteiger partial charge in [-0.05, 0) is 61.1 Å². The lowest BCUT2D eigenvalue weighted by Crippen LogP contribution is -2.25. The highest BCUT2D eigenvalue weighted by Crippen LogP contribution is 2.38. The van der Waals surface area contributed by atoms with Gasteiger partial charge in [-0.1, -0.05) is 35.3 Å². The van der Waals surface area contributed by atoms with E-state index in [-0.39, 0.29) is 39.2 Å². The van der Waals surface area contributed by atoms with E-state index in [1.54, 1.807) is 13.0 Å². The Morgan fingerprint density at radius 1 is 1.12 bits per heavy atom. The smallest absolute Gasteiger partial charge is 0.387 e. The molecule has 220 valence electrons. The van der Waals surface area contributed by atoms with Crippen LogP contribution >= 0.6 is 23.2 Å². The quantitative estimate of drug-likeness (QED) is 0.152. The molecule has 1 heterocycles. The number of benzene rings is 2. The van der Waals surface area contributed by atoms with Gasteiger partial charge in [0.2, 0.25) is 10.0 Å². The normalized spacial score (nSPS) is 14.0. The average molecular weight is 631 g/mol. The summed E-state index contributed by atoms with van der Waals surface area (Å²) in [5, 5.41) is 11.8. The van der Waals surface area contributed by atoms with Crippen molar-refractivity contribution in [3.8, 4) is 11.5 Å². The molecule has 0 bridgehead atoms. The predicted octanol–water partition coefficient (Wildman–Crippen LogP) is 5.84. The largest absolute Gasteiger partial charge is 0.619 e. The molecule has 2 aromatic carbocycles. The first-order chi connectivity index (χ1) is 19.3. The second kappa shape index (κ2) is 12.7. The molecule has 9 nitrogen and oxygen atoms in total. The van der Waals surface area contributed by atoms with Crippen molar-refractivity contribution in [1.29, 1.82) is 0 Å². The number of ether oxygens (including phenoxy) is 3. The zero-order valence-corrected chi connectivity index (χ0v) is 24.2. The summed E-state index contributed by atoms with van der Waals surface area (Å²) in [6.07, 6.45) is 3.91. The van der Waals surface area contributed by atoms with Crippen LogP contribution in [-0.2, 0) is 21.2 Å². The molecule has 1 aliphatic carbocycles. The summed E-state index contributed by atoms with van der Waals surface area (Å²) >= 11 is 12.6. The van der Waals surface area contributed by atoms with E-state index in [0.717, 1.165) is 31.5 Å². The highest BCUT2D eigenvalue weighted by Gasteiger charge is 2.27. The molecule has 1 N–H and O–H groups in total. The van der Waals surface area contributed by atoms with Gasteiger partial charge >= 0.3 is 12.6 Å². The molecule has 1 atom stereocenters. The second-order valence-electron chi connectivity index (χ2n) is 9.63. The van der Waals surface area contributed by atoms with E-state index in [4.69, 9.17) is 32.7 Å². The SMILES string of the molecule is Cc1ccc(C(=O)O[C@@H](Cc2c(Cl)c[n+]([O-])cc2Cl)c2ccc(OC(F)F)c(OCC3CC3)c2)cc1NS(C)(=O)=O. The number of alkyl halides is 2. The van der Waals surface area contributed by atoms with Gasteiger partial charge in [0, 0.05) is 12.0 Å². The number of halogens is 4. The van der Waals surface area contributed by atoms with Gasteiger partial charge in [-0.2, -0.15) is 13.5 Å². The van der Waals surface area contributed by atoms with E-state index < -0.39 is 28.7 Å². The zero-order chi connectivity index (χ0) is 29.9. The topological polar surface area (TPSA) is 118 Å². The number of rotatable bonds is 12. The first-order valence-corrected chi connectivity index (χ1v) is 15.0. The van der Waals surface area contributed by atoms with Crippen LogP contribution in [0.2, 0.25) is 10.0 Å². The van der Waals surface area contributed by atoms with E-state index in [2.05, 4.69) is 9.46 Å². The summed E-state index contributed by atoms with van der Waals surface area (Å²) in [6, 6.07) is 8.51. The molecule has 0 unspecified atom stereocenters. The molecular formula is C27H26Cl2F2N2O7S. The fourth-order valence-electron chi connectivity index (χ4n) is 3.92. The molecule has 1 saturated carbocycles. The molecule has 14 heteroatoms. The minimum absolute atomic E-state index is 0.0198. The molecule has 4 rings (SSSR count). The van der Waals surface area contributed by atoms with Gasteiger partial charge in [0.1, 0.15) is 16.1 Å². The van der Waals surface area contributed by atoms with Crippen molar-refractivity contribution in [3.05, 3.63) is 86.3 Å². The van der Waals surface area contributed by atoms with Crippen molar-refractivity contribution in [1.82, 2.24) is 0 Å². The number of aryl methyl sites for hydroxylation is 1. The Labute approximate surface area is 245 Å². The van der Waals surface area contributed by atoms with Crippen molar-refractivity contribution in [3.63, 3.8) is 0 Å². The van der Waals surface area contributed by atoms with Gasteiger partial charge in [0.25, 0.3) is 0 Å². The molecule has 1 aromatic heterocycles. The van der Waals surface area contributed by atoms with Gasteiger partial charge in [-0.15, -0.1) is 0 Å². The Morgan fingerprint density at radius 2 is 1.80 bits per heavy atom. The van der Waals surface area contributed by atoms with Crippen LogP contribution < -0.4 is 18.9 Å². The first kappa shape index (κ1) is 30.6. The summed E-state index contributed by atoms with van der Waals surface area (Å²) in [4.78, 5) is 13.3. The number of hydrogen-bond acceptors (Lipinski definition) is 7. The Bertz CT molecular complexity index is 1530. The number of carbonyl (C=O) groups is 1. The summed E-state index contributed by atoms with van der Waals surface area (Å²) in [7, 11) is -3.62. The molecule has 3 aromatic rings. The van der Waals surface area contributed by atoms with Gasteiger partial charge in [-0.25, -0.2) is 13.2 Å². The van der Waals surface area contributed by atoms with E-state index in [0.29, 0.717) is 33.9 Å². The summed E-state index contributed by atoms with van der Waals surface area (Å²) in [5.41, 5.74) is 1.45. The Hall–Kier alpha value is -3.35. The summed E-state index contributed by atoms with van der Waals surface area (Å²) < 4.78 is 68.7. The van der Waals surface area contributed by atoms with Crippen molar-refractivity contribution in [2.24, 2.45) is 5.92 Å². The monoisotopic (exact) mass is 630 g/mol. The predicted molar refractivity (Wildman–Crippen MR) is 148 cm³/mol. The number of anilines is 1. The van der Waals surface area contributed by atoms with E-state index in [1.807, 2.05) is 0 Å². The zero-order valence-electron chi connectivity index (χ0n) is 21.9. The Kier molecular flexibility index (Phi) is 9.45. The van der Waals surface area contributed by atoms with Gasteiger partial charge in [0.05, 0.1) is 24.1 Å². The van der Waals surface area contributed by atoms with Crippen LogP contribution in [0, 0.1) is 18.0 Å². The highest BCUT2D eigenvalue weighted by molar-refractivity contribution is 7.92. The number of hydrogen-bond donors (Lipinski definition) is 1. The third kappa shape index (κ3) is 8.57. The minimum Gasteiger partial charge on any atom is -0.619 e. The number of nitrogens with zero attached hydrogens (tertiary/aromatic N) is 1. The summed E-state index contributed by atoms with van der Waals surface area (Å²) in [5.74, 6) is -0.660. The van der Waals surface area contributed by atoms with Gasteiger partial charge in [0.15, 0.2) is 23.9 Å². The van der Waals surface area contributed by atoms with Crippen molar-refractivity contribution in [2.45, 2.75) is 38.9 Å². The molecule has 0 amide bonds. The lowest BCUT2D eigenvalue weighted by Gasteiger charge is -2.22. The molecule has 41 heavy (non-hydrogen) atoms. The maximum absolute atomic E-state index is 13.3. The summed E-state index contributed by atoms with van der Waals surface area (Å²) in [6.45, 7) is -1.12. The maximum atomic E-state index is 13.3. The average Bonchev–Trinajstić information content (AvgIpc) is 3.69. The lowest BCUT2D eigenvalue weighted by atomic mass is 10.0. The number of sulfonamides is 1. The van der Waals surface area contributed by atoms with Gasteiger partial charge < -0.3 is 19.4 Å². The standard InChI is InChI=1S/C27H26Cl2F2N2O7S/c1-15-3-6-18(9-22(15)32-41(2,36)37)26(34)39-24(11-19-20(28)12-33(35)13-21(19)29)17-7-8-23(40-27(30)31)25(10-17)38-14-16-4-5-16/h3,6-10,12-13,16,24,27,32H,4-5,11,14H2,1-2H3/t24-/m0/s1. The first-order valence-electron chi connectivity index (χ1n) is 12.4. The van der Waals surface area contributed by atoms with Crippen LogP contribution in [0.4, 0.5) is 14.5 Å². The number of esters is 1. The number of nitrogens with one attached hydrogen (secondary N) is 1. The Morgan fingerprint density at radius 3 is 2.41 bits per heavy atom. The fourth-order valence-corrected chi connectivity index (χ4v) is 5.14. The Balaban J connectivity index is 1.71. The van der Waals surface area contributed by atoms with Gasteiger partial charge in [-0.3, -0.25) is 4.72 Å². The van der Waals surface area contributed by atoms with Crippen molar-refractivity contribution in [2.75, 3.05) is 17.6 Å². The number of carbonyl (C=O) groups excluding carboxylic acids is 1. The van der Waals surface area contributed by atoms with Crippen LogP contribution in [0.25, 0.3) is 0 Å². The molecule has 0 radical (unpaired) electrons. The molecule has 0 aliphatic heterocycles. The van der Waals surface area contributed by atoms with Crippen LogP contribution in [-0.4, -0.2) is 33.9 Å². The fraction of sp³-hybridized carbons (Fsp3) is 0.333. The second-order valence-corrected chi connectivity index (χ2v) is 12.2. The third-order valence-electron chi connectivity index (χ3n) is 6.19. The molecule has 1 aliphatic rings. The highest BCUT2D eigenvalue weighted by atomic mass is 35.5. The van der Waals surface area contributed by atoms with E-state index in [9.17, 15) is 27.2 Å². The van der Waals surface area contributed by atoms with Crippen LogP contribution in [0.3, 0.4) is 0 Å². The minimum atomic E-state index is -3.62. The number of pyridine rings is 1. The molecule has 1 fully saturated rings. The van der Waals surface area contributed by atoms with Crippen LogP contribution in [0.1, 0.15) is 46.0 Å². The van der Waals surface area contributed by atoms with Crippen LogP contribution in [0.5, 0.6) is 11.5 Å². The maximum Gasteiger partial charge on any atom is 0.387 e. The van der Waals surface area contributed by atoms with E-state index >= 15 is 0 Å². The molecule has 0 spiro atoms. The lowest BCUT2D eigenvalue weighted by molar-refractivity contribution is -0.605. The molecular weight excluding hydrogens is 605 g/mol. The van der Waals surface area contributed by atoms with Crippen molar-refractivity contribution < 1.29 is 40.9 Å². The van der Waals surface area contributed by atoms with Crippen molar-refractivity contribution >= 4 is 44.9 Å². The molecule has 0 saturated heterocycles. The number of aromatic nitrogens is 1. The third-order valence-corrected chi connectivity index (χ3v) is 7.43.